The fraction of sp³-hybridized carbons (Fsp3) is 0.643. The van der Waals surface area contributed by atoms with Crippen molar-refractivity contribution in [3.05, 3.63) is 16.8 Å². The Morgan fingerprint density at radius 2 is 2.00 bits per heavy atom. The van der Waals surface area contributed by atoms with Gasteiger partial charge >= 0.3 is 0 Å². The second kappa shape index (κ2) is 7.70. The highest BCUT2D eigenvalue weighted by Crippen LogP contribution is 2.16. The maximum Gasteiger partial charge on any atom is 0.166 e. The molecule has 104 valence electrons. The Kier molecular flexibility index (Phi) is 6.23. The molecule has 0 spiro atoms. The van der Waals surface area contributed by atoms with Gasteiger partial charge in [0, 0.05) is 13.2 Å². The van der Waals surface area contributed by atoms with E-state index in [4.69, 9.17) is 10.00 Å². The number of nitrogens with one attached hydrogen (secondary N) is 1. The van der Waals surface area contributed by atoms with Crippen molar-refractivity contribution >= 4 is 5.82 Å². The average molecular weight is 262 g/mol. The summed E-state index contributed by atoms with van der Waals surface area (Å²) in [4.78, 5) is 0. The monoisotopic (exact) mass is 262 g/mol. The molecule has 1 aromatic rings. The minimum Gasteiger partial charge on any atom is -0.379 e. The van der Waals surface area contributed by atoms with Gasteiger partial charge in [0.15, 0.2) is 5.82 Å². The molecule has 1 rings (SSSR count). The van der Waals surface area contributed by atoms with Crippen molar-refractivity contribution in [2.75, 3.05) is 18.5 Å². The quantitative estimate of drug-likeness (QED) is 0.765. The van der Waals surface area contributed by atoms with Crippen LogP contribution in [0.1, 0.15) is 43.5 Å². The molecule has 19 heavy (non-hydrogen) atoms. The van der Waals surface area contributed by atoms with Crippen LogP contribution in [0.5, 0.6) is 0 Å². The molecule has 0 saturated heterocycles. The van der Waals surface area contributed by atoms with E-state index in [1.165, 1.54) is 0 Å². The van der Waals surface area contributed by atoms with Crippen molar-refractivity contribution in [3.8, 4) is 6.07 Å². The van der Waals surface area contributed by atoms with E-state index in [-0.39, 0.29) is 6.10 Å². The Morgan fingerprint density at radius 1 is 1.26 bits per heavy atom. The minimum atomic E-state index is 0.281. The highest BCUT2D eigenvalue weighted by Gasteiger charge is 2.09. The molecule has 0 unspecified atom stereocenters. The highest BCUT2D eigenvalue weighted by atomic mass is 16.5. The number of hydrogen-bond acceptors (Lipinski definition) is 5. The number of aromatic nitrogens is 2. The molecule has 0 bridgehead atoms. The van der Waals surface area contributed by atoms with E-state index >= 15 is 0 Å². The van der Waals surface area contributed by atoms with E-state index in [9.17, 15) is 0 Å². The van der Waals surface area contributed by atoms with Gasteiger partial charge in [-0.1, -0.05) is 0 Å². The summed E-state index contributed by atoms with van der Waals surface area (Å²) in [5.41, 5.74) is 2.28. The number of ether oxygens (including phenoxy) is 1. The highest BCUT2D eigenvalue weighted by molar-refractivity contribution is 5.55. The van der Waals surface area contributed by atoms with E-state index in [1.54, 1.807) is 0 Å². The first-order valence-corrected chi connectivity index (χ1v) is 6.65. The number of nitrogens with zero attached hydrogens (tertiary/aromatic N) is 3. The van der Waals surface area contributed by atoms with Gasteiger partial charge in [0.05, 0.1) is 11.8 Å². The minimum absolute atomic E-state index is 0.281. The number of unbranched alkanes of at least 4 members (excludes halogenated alkanes) is 1. The molecule has 0 aliphatic rings. The van der Waals surface area contributed by atoms with Gasteiger partial charge in [0.1, 0.15) is 11.6 Å². The lowest BCUT2D eigenvalue weighted by Gasteiger charge is -2.10. The van der Waals surface area contributed by atoms with Crippen LogP contribution in [0.25, 0.3) is 0 Å². The van der Waals surface area contributed by atoms with Crippen LogP contribution in [0.4, 0.5) is 5.82 Å². The Labute approximate surface area is 115 Å². The predicted molar refractivity (Wildman–Crippen MR) is 75.0 cm³/mol. The van der Waals surface area contributed by atoms with E-state index in [1.807, 2.05) is 27.7 Å². The zero-order valence-electron chi connectivity index (χ0n) is 12.2. The van der Waals surface area contributed by atoms with Crippen LogP contribution in [-0.4, -0.2) is 29.5 Å². The second-order valence-electron chi connectivity index (χ2n) is 4.80. The fourth-order valence-electron chi connectivity index (χ4n) is 1.62. The normalized spacial score (nSPS) is 10.5. The van der Waals surface area contributed by atoms with Gasteiger partial charge in [0.2, 0.25) is 0 Å². The van der Waals surface area contributed by atoms with Crippen molar-refractivity contribution in [2.45, 2.75) is 46.6 Å². The molecule has 0 aromatic carbocycles. The number of aryl methyl sites for hydroxylation is 1. The SMILES string of the molecule is Cc1nnc(NCCCCOC(C)C)c(C#N)c1C. The molecule has 5 nitrogen and oxygen atoms in total. The Morgan fingerprint density at radius 3 is 2.63 bits per heavy atom. The van der Waals surface area contributed by atoms with Crippen molar-refractivity contribution < 1.29 is 4.74 Å². The number of anilines is 1. The zero-order valence-corrected chi connectivity index (χ0v) is 12.2. The van der Waals surface area contributed by atoms with Crippen LogP contribution in [0.3, 0.4) is 0 Å². The lowest BCUT2D eigenvalue weighted by Crippen LogP contribution is -2.10. The topological polar surface area (TPSA) is 70.8 Å². The Balaban J connectivity index is 2.42. The first kappa shape index (κ1) is 15.4. The van der Waals surface area contributed by atoms with Gasteiger partial charge in [-0.25, -0.2) is 0 Å². The third-order valence-electron chi connectivity index (χ3n) is 2.88. The van der Waals surface area contributed by atoms with Gasteiger partial charge in [-0.2, -0.15) is 10.4 Å². The summed E-state index contributed by atoms with van der Waals surface area (Å²) in [5, 5.41) is 20.4. The molecule has 0 aliphatic heterocycles. The van der Waals surface area contributed by atoms with Crippen LogP contribution >= 0.6 is 0 Å². The molecule has 0 amide bonds. The van der Waals surface area contributed by atoms with Crippen LogP contribution in [-0.2, 0) is 4.74 Å². The van der Waals surface area contributed by atoms with Crippen molar-refractivity contribution in [1.29, 1.82) is 5.26 Å². The summed E-state index contributed by atoms with van der Waals surface area (Å²) in [5.74, 6) is 0.579. The Bertz CT molecular complexity index is 451. The number of hydrogen-bond donors (Lipinski definition) is 1. The van der Waals surface area contributed by atoms with Crippen molar-refractivity contribution in [1.82, 2.24) is 10.2 Å². The molecule has 5 heteroatoms. The molecule has 0 saturated carbocycles. The average Bonchev–Trinajstić information content (AvgIpc) is 2.37. The largest absolute Gasteiger partial charge is 0.379 e. The predicted octanol–water partition coefficient (Wildman–Crippen LogP) is 2.58. The van der Waals surface area contributed by atoms with Gasteiger partial charge < -0.3 is 10.1 Å². The summed E-state index contributed by atoms with van der Waals surface area (Å²) >= 11 is 0. The third kappa shape index (κ3) is 4.84. The van der Waals surface area contributed by atoms with Gasteiger partial charge in [-0.05, 0) is 46.1 Å². The summed E-state index contributed by atoms with van der Waals surface area (Å²) in [7, 11) is 0. The van der Waals surface area contributed by atoms with Gasteiger partial charge in [-0.3, -0.25) is 0 Å². The van der Waals surface area contributed by atoms with Crippen molar-refractivity contribution in [3.63, 3.8) is 0 Å². The van der Waals surface area contributed by atoms with E-state index in [0.717, 1.165) is 37.3 Å². The second-order valence-corrected chi connectivity index (χ2v) is 4.80. The van der Waals surface area contributed by atoms with Crippen LogP contribution in [0, 0.1) is 25.2 Å². The Hall–Kier alpha value is -1.67. The molecular formula is C14H22N4O. The molecule has 1 N–H and O–H groups in total. The van der Waals surface area contributed by atoms with E-state index < -0.39 is 0 Å². The molecule has 0 aliphatic carbocycles. The molecule has 0 radical (unpaired) electrons. The van der Waals surface area contributed by atoms with Crippen LogP contribution in [0.15, 0.2) is 0 Å². The van der Waals surface area contributed by atoms with E-state index in [2.05, 4.69) is 21.6 Å². The summed E-state index contributed by atoms with van der Waals surface area (Å²) in [6.45, 7) is 9.35. The molecule has 0 atom stereocenters. The molecule has 0 fully saturated rings. The first-order chi connectivity index (χ1) is 9.06. The van der Waals surface area contributed by atoms with Crippen molar-refractivity contribution in [2.24, 2.45) is 0 Å². The smallest absolute Gasteiger partial charge is 0.166 e. The number of nitriles is 1. The summed E-state index contributed by atoms with van der Waals surface area (Å²) < 4.78 is 5.47. The first-order valence-electron chi connectivity index (χ1n) is 6.65. The molecule has 1 aromatic heterocycles. The summed E-state index contributed by atoms with van der Waals surface area (Å²) in [6.07, 6.45) is 2.25. The van der Waals surface area contributed by atoms with E-state index in [0.29, 0.717) is 11.4 Å². The fourth-order valence-corrected chi connectivity index (χ4v) is 1.62. The summed E-state index contributed by atoms with van der Waals surface area (Å²) in [6, 6.07) is 2.18. The third-order valence-corrected chi connectivity index (χ3v) is 2.88. The maximum absolute atomic E-state index is 9.15. The number of rotatable bonds is 7. The maximum atomic E-state index is 9.15. The lowest BCUT2D eigenvalue weighted by molar-refractivity contribution is 0.0765. The zero-order chi connectivity index (χ0) is 14.3. The van der Waals surface area contributed by atoms with Crippen LogP contribution < -0.4 is 5.32 Å². The molecule has 1 heterocycles. The standard InChI is InChI=1S/C14H22N4O/c1-10(2)19-8-6-5-7-16-14-13(9-15)11(3)12(4)17-18-14/h10H,5-8H2,1-4H3,(H,16,18). The molecular weight excluding hydrogens is 240 g/mol. The lowest BCUT2D eigenvalue weighted by atomic mass is 10.1. The van der Waals surface area contributed by atoms with Crippen LogP contribution in [0.2, 0.25) is 0 Å². The van der Waals surface area contributed by atoms with Gasteiger partial charge in [0.25, 0.3) is 0 Å². The van der Waals surface area contributed by atoms with Gasteiger partial charge in [-0.15, -0.1) is 5.10 Å².